The Balaban J connectivity index is 1.90. The minimum absolute atomic E-state index is 0.159. The van der Waals surface area contributed by atoms with E-state index >= 15 is 0 Å². The van der Waals surface area contributed by atoms with Crippen molar-refractivity contribution in [3.63, 3.8) is 0 Å². The molecule has 1 N–H and O–H groups in total. The van der Waals surface area contributed by atoms with E-state index in [-0.39, 0.29) is 24.9 Å². The lowest BCUT2D eigenvalue weighted by atomic mass is 10.1. The Morgan fingerprint density at radius 1 is 1.22 bits per heavy atom. The molecule has 0 saturated carbocycles. The van der Waals surface area contributed by atoms with Crippen molar-refractivity contribution in [1.82, 2.24) is 19.5 Å². The Kier molecular flexibility index (Phi) is 5.12. The number of carbonyl (C=O) groups is 2. The van der Waals surface area contributed by atoms with Gasteiger partial charge >= 0.3 is 5.97 Å². The third kappa shape index (κ3) is 3.63. The summed E-state index contributed by atoms with van der Waals surface area (Å²) in [5, 5.41) is 14.7. The molecule has 0 saturated heterocycles. The smallest absolute Gasteiger partial charge is 0.323 e. The van der Waals surface area contributed by atoms with Crippen LogP contribution in [0.1, 0.15) is 37.2 Å². The highest BCUT2D eigenvalue weighted by atomic mass is 16.4. The molecule has 1 aromatic carbocycles. The SMILES string of the molecule is Cc1nc2c3ccccc3nn2c(C)c1CCC(=O)N(CC(=O)O)C(C)C. The second-order valence-corrected chi connectivity index (χ2v) is 7.02. The second kappa shape index (κ2) is 7.34. The minimum atomic E-state index is -1.00. The molecule has 7 nitrogen and oxygen atoms in total. The summed E-state index contributed by atoms with van der Waals surface area (Å²) in [6.07, 6.45) is 0.736. The summed E-state index contributed by atoms with van der Waals surface area (Å²) in [4.78, 5) is 29.7. The predicted octanol–water partition coefficient (Wildman–Crippen LogP) is 2.75. The van der Waals surface area contributed by atoms with E-state index in [0.717, 1.165) is 33.5 Å². The molecule has 0 aliphatic rings. The maximum absolute atomic E-state index is 12.5. The average Bonchev–Trinajstić information content (AvgIpc) is 2.98. The van der Waals surface area contributed by atoms with Crippen LogP contribution >= 0.6 is 0 Å². The number of fused-ring (bicyclic) bond motifs is 3. The fraction of sp³-hybridized carbons (Fsp3) is 0.400. The van der Waals surface area contributed by atoms with Crippen molar-refractivity contribution >= 4 is 28.4 Å². The summed E-state index contributed by atoms with van der Waals surface area (Å²) in [6.45, 7) is 7.27. The number of hydrogen-bond acceptors (Lipinski definition) is 4. The van der Waals surface area contributed by atoms with Crippen molar-refractivity contribution in [2.24, 2.45) is 0 Å². The molecule has 0 spiro atoms. The van der Waals surface area contributed by atoms with Crippen molar-refractivity contribution in [3.05, 3.63) is 41.2 Å². The Labute approximate surface area is 157 Å². The Hall–Kier alpha value is -2.96. The lowest BCUT2D eigenvalue weighted by Gasteiger charge is -2.25. The Bertz CT molecular complexity index is 1020. The van der Waals surface area contributed by atoms with E-state index in [4.69, 9.17) is 10.1 Å². The third-order valence-electron chi connectivity index (χ3n) is 4.86. The van der Waals surface area contributed by atoms with E-state index < -0.39 is 5.97 Å². The summed E-state index contributed by atoms with van der Waals surface area (Å²) in [5.74, 6) is -1.17. The second-order valence-electron chi connectivity index (χ2n) is 7.02. The number of aromatic nitrogens is 3. The van der Waals surface area contributed by atoms with Crippen LogP contribution < -0.4 is 0 Å². The Morgan fingerprint density at radius 2 is 1.93 bits per heavy atom. The first-order valence-electron chi connectivity index (χ1n) is 9.04. The number of carboxylic acids is 1. The van der Waals surface area contributed by atoms with Gasteiger partial charge in [-0.15, -0.1) is 0 Å². The molecule has 0 aliphatic heterocycles. The van der Waals surface area contributed by atoms with Crippen LogP contribution in [0, 0.1) is 13.8 Å². The molecule has 0 aliphatic carbocycles. The highest BCUT2D eigenvalue weighted by molar-refractivity contribution is 5.92. The molecule has 3 aromatic rings. The molecule has 27 heavy (non-hydrogen) atoms. The number of nitrogens with zero attached hydrogens (tertiary/aromatic N) is 4. The summed E-state index contributed by atoms with van der Waals surface area (Å²) in [5.41, 5.74) is 4.49. The quantitative estimate of drug-likeness (QED) is 0.723. The highest BCUT2D eigenvalue weighted by Crippen LogP contribution is 2.23. The molecule has 0 fully saturated rings. The fourth-order valence-corrected chi connectivity index (χ4v) is 3.42. The van der Waals surface area contributed by atoms with Gasteiger partial charge in [0.15, 0.2) is 5.65 Å². The van der Waals surface area contributed by atoms with Gasteiger partial charge in [0.2, 0.25) is 5.91 Å². The van der Waals surface area contributed by atoms with E-state index in [1.54, 1.807) is 0 Å². The van der Waals surface area contributed by atoms with Crippen molar-refractivity contribution < 1.29 is 14.7 Å². The van der Waals surface area contributed by atoms with Gasteiger partial charge in [0.25, 0.3) is 0 Å². The topological polar surface area (TPSA) is 87.8 Å². The molecule has 0 radical (unpaired) electrons. The largest absolute Gasteiger partial charge is 0.480 e. The molecular weight excluding hydrogens is 344 g/mol. The summed E-state index contributed by atoms with van der Waals surface area (Å²) < 4.78 is 1.83. The van der Waals surface area contributed by atoms with Crippen molar-refractivity contribution in [3.8, 4) is 0 Å². The zero-order valence-corrected chi connectivity index (χ0v) is 16.1. The van der Waals surface area contributed by atoms with Crippen LogP contribution in [0.3, 0.4) is 0 Å². The van der Waals surface area contributed by atoms with Crippen LogP contribution in [0.5, 0.6) is 0 Å². The van der Waals surface area contributed by atoms with Crippen LogP contribution in [0.15, 0.2) is 24.3 Å². The van der Waals surface area contributed by atoms with Gasteiger partial charge in [-0.3, -0.25) is 9.59 Å². The lowest BCUT2D eigenvalue weighted by Crippen LogP contribution is -2.40. The fourth-order valence-electron chi connectivity index (χ4n) is 3.42. The normalized spacial score (nSPS) is 11.4. The molecule has 3 rings (SSSR count). The number of carbonyl (C=O) groups excluding carboxylic acids is 1. The lowest BCUT2D eigenvalue weighted by molar-refractivity contribution is -0.145. The maximum atomic E-state index is 12.5. The van der Waals surface area contributed by atoms with Crippen LogP contribution in [-0.2, 0) is 16.0 Å². The summed E-state index contributed by atoms with van der Waals surface area (Å²) >= 11 is 0. The number of rotatable bonds is 6. The number of hydrogen-bond donors (Lipinski definition) is 1. The average molecular weight is 368 g/mol. The zero-order valence-electron chi connectivity index (χ0n) is 16.1. The molecule has 7 heteroatoms. The Morgan fingerprint density at radius 3 is 2.59 bits per heavy atom. The third-order valence-corrected chi connectivity index (χ3v) is 4.86. The minimum Gasteiger partial charge on any atom is -0.480 e. The number of amides is 1. The monoisotopic (exact) mass is 368 g/mol. The van der Waals surface area contributed by atoms with Gasteiger partial charge in [0.1, 0.15) is 6.54 Å². The van der Waals surface area contributed by atoms with Gasteiger partial charge in [0.05, 0.1) is 5.52 Å². The van der Waals surface area contributed by atoms with Crippen LogP contribution in [0.25, 0.3) is 16.6 Å². The standard InChI is InChI=1S/C20H24N4O3/c1-12(2)23(11-19(26)27)18(25)10-9-15-13(3)21-20-16-7-5-6-8-17(16)22-24(20)14(15)4/h5-8,12H,9-11H2,1-4H3,(H,26,27). The molecule has 0 bridgehead atoms. The molecular formula is C20H24N4O3. The molecule has 142 valence electrons. The van der Waals surface area contributed by atoms with Gasteiger partial charge in [-0.05, 0) is 51.8 Å². The molecule has 0 atom stereocenters. The van der Waals surface area contributed by atoms with Gasteiger partial charge in [0, 0.05) is 29.2 Å². The van der Waals surface area contributed by atoms with Crippen LogP contribution in [0.4, 0.5) is 0 Å². The van der Waals surface area contributed by atoms with Crippen molar-refractivity contribution in [2.45, 2.75) is 46.6 Å². The highest BCUT2D eigenvalue weighted by Gasteiger charge is 2.21. The van der Waals surface area contributed by atoms with Crippen molar-refractivity contribution in [2.75, 3.05) is 6.54 Å². The van der Waals surface area contributed by atoms with E-state index in [9.17, 15) is 9.59 Å². The van der Waals surface area contributed by atoms with Crippen LogP contribution in [-0.4, -0.2) is 49.1 Å². The maximum Gasteiger partial charge on any atom is 0.323 e. The molecule has 2 aromatic heterocycles. The van der Waals surface area contributed by atoms with Gasteiger partial charge in [-0.2, -0.15) is 5.10 Å². The summed E-state index contributed by atoms with van der Waals surface area (Å²) in [6, 6.07) is 7.70. The van der Waals surface area contributed by atoms with E-state index in [0.29, 0.717) is 6.42 Å². The number of benzene rings is 1. The zero-order chi connectivity index (χ0) is 19.7. The van der Waals surface area contributed by atoms with Gasteiger partial charge in [-0.25, -0.2) is 9.50 Å². The number of aryl methyl sites for hydroxylation is 2. The van der Waals surface area contributed by atoms with Gasteiger partial charge < -0.3 is 10.0 Å². The molecule has 0 unspecified atom stereocenters. The number of aliphatic carboxylic acids is 1. The first-order chi connectivity index (χ1) is 12.8. The predicted molar refractivity (Wildman–Crippen MR) is 103 cm³/mol. The van der Waals surface area contributed by atoms with Crippen molar-refractivity contribution in [1.29, 1.82) is 0 Å². The van der Waals surface area contributed by atoms with E-state index in [1.807, 2.05) is 56.5 Å². The number of carboxylic acid groups (broad SMARTS) is 1. The molecule has 2 heterocycles. The molecule has 1 amide bonds. The summed E-state index contributed by atoms with van der Waals surface area (Å²) in [7, 11) is 0. The first kappa shape index (κ1) is 18.8. The van der Waals surface area contributed by atoms with Crippen LogP contribution in [0.2, 0.25) is 0 Å². The van der Waals surface area contributed by atoms with E-state index in [1.165, 1.54) is 4.90 Å². The van der Waals surface area contributed by atoms with E-state index in [2.05, 4.69) is 5.10 Å². The first-order valence-corrected chi connectivity index (χ1v) is 9.04. The van der Waals surface area contributed by atoms with Gasteiger partial charge in [-0.1, -0.05) is 12.1 Å².